The number of carbonyl (C=O) groups excluding carboxylic acids is 1. The fourth-order valence-electron chi connectivity index (χ4n) is 2.96. The van der Waals surface area contributed by atoms with Gasteiger partial charge >= 0.3 is 0 Å². The van der Waals surface area contributed by atoms with Gasteiger partial charge in [-0.1, -0.05) is 41.6 Å². The maximum atomic E-state index is 13.4. The van der Waals surface area contributed by atoms with Crippen LogP contribution in [0, 0.1) is 12.7 Å². The Balaban J connectivity index is 1.51. The third-order valence-electron chi connectivity index (χ3n) is 4.60. The largest absolute Gasteiger partial charge is 0.351 e. The van der Waals surface area contributed by atoms with Crippen LogP contribution in [0.1, 0.15) is 11.1 Å². The molecular formula is C23H20FN5OS. The molecule has 0 radical (unpaired) electrons. The molecule has 0 spiro atoms. The zero-order valence-electron chi connectivity index (χ0n) is 16.8. The Hall–Kier alpha value is -3.52. The molecule has 2 aromatic heterocycles. The molecule has 0 fully saturated rings. The summed E-state index contributed by atoms with van der Waals surface area (Å²) in [4.78, 5) is 16.4. The van der Waals surface area contributed by atoms with E-state index in [4.69, 9.17) is 0 Å². The van der Waals surface area contributed by atoms with Crippen LogP contribution in [0.5, 0.6) is 0 Å². The topological polar surface area (TPSA) is 72.7 Å². The fourth-order valence-corrected chi connectivity index (χ4v) is 3.74. The van der Waals surface area contributed by atoms with E-state index in [2.05, 4.69) is 20.5 Å². The second-order valence-electron chi connectivity index (χ2n) is 6.90. The van der Waals surface area contributed by atoms with Gasteiger partial charge in [-0.2, -0.15) is 0 Å². The quantitative estimate of drug-likeness (QED) is 0.443. The second kappa shape index (κ2) is 9.53. The van der Waals surface area contributed by atoms with Gasteiger partial charge in [0.15, 0.2) is 11.0 Å². The van der Waals surface area contributed by atoms with Crippen molar-refractivity contribution >= 4 is 17.7 Å². The zero-order valence-corrected chi connectivity index (χ0v) is 17.6. The van der Waals surface area contributed by atoms with Crippen LogP contribution in [0.3, 0.4) is 0 Å². The maximum absolute atomic E-state index is 13.4. The third-order valence-corrected chi connectivity index (χ3v) is 5.53. The first-order valence-corrected chi connectivity index (χ1v) is 10.7. The van der Waals surface area contributed by atoms with Crippen molar-refractivity contribution in [2.75, 3.05) is 5.75 Å². The van der Waals surface area contributed by atoms with Crippen LogP contribution in [0.2, 0.25) is 0 Å². The van der Waals surface area contributed by atoms with Crippen LogP contribution in [0.25, 0.3) is 17.1 Å². The molecule has 4 rings (SSSR count). The average Bonchev–Trinajstić information content (AvgIpc) is 3.22. The summed E-state index contributed by atoms with van der Waals surface area (Å²) in [5.74, 6) is 0.342. The molecule has 0 saturated carbocycles. The van der Waals surface area contributed by atoms with Crippen LogP contribution in [0.4, 0.5) is 4.39 Å². The Morgan fingerprint density at radius 3 is 2.42 bits per heavy atom. The Labute approximate surface area is 183 Å². The molecule has 1 amide bonds. The van der Waals surface area contributed by atoms with Crippen molar-refractivity contribution in [3.63, 3.8) is 0 Å². The van der Waals surface area contributed by atoms with E-state index in [9.17, 15) is 9.18 Å². The van der Waals surface area contributed by atoms with Gasteiger partial charge in [-0.05, 0) is 48.9 Å². The highest BCUT2D eigenvalue weighted by atomic mass is 32.2. The van der Waals surface area contributed by atoms with Gasteiger partial charge in [0.05, 0.1) is 5.75 Å². The van der Waals surface area contributed by atoms with E-state index < -0.39 is 0 Å². The molecule has 1 N–H and O–H groups in total. The van der Waals surface area contributed by atoms with E-state index in [0.717, 1.165) is 11.1 Å². The number of amides is 1. The first-order chi connectivity index (χ1) is 15.1. The molecule has 2 aromatic carbocycles. The van der Waals surface area contributed by atoms with E-state index in [1.54, 1.807) is 24.5 Å². The number of aryl methyl sites for hydroxylation is 1. The van der Waals surface area contributed by atoms with Crippen molar-refractivity contribution in [1.82, 2.24) is 25.1 Å². The Morgan fingerprint density at radius 2 is 1.71 bits per heavy atom. The van der Waals surface area contributed by atoms with E-state index in [1.165, 1.54) is 29.5 Å². The number of carbonyl (C=O) groups is 1. The lowest BCUT2D eigenvalue weighted by Crippen LogP contribution is -2.24. The van der Waals surface area contributed by atoms with Gasteiger partial charge in [0.1, 0.15) is 5.82 Å². The molecule has 0 unspecified atom stereocenters. The number of pyridine rings is 1. The third kappa shape index (κ3) is 5.16. The normalized spacial score (nSPS) is 10.8. The lowest BCUT2D eigenvalue weighted by atomic mass is 10.1. The minimum atomic E-state index is -0.327. The molecule has 31 heavy (non-hydrogen) atoms. The summed E-state index contributed by atoms with van der Waals surface area (Å²) in [5.41, 5.74) is 3.75. The standard InChI is InChI=1S/C23H20FN5OS/c1-16-2-4-17(5-3-16)14-26-21(30)15-31-23-28-27-22(18-10-12-25-13-11-18)29(23)20-8-6-19(24)7-9-20/h2-13H,14-15H2,1H3,(H,26,30). The summed E-state index contributed by atoms with van der Waals surface area (Å²) in [6.45, 7) is 2.49. The molecule has 0 saturated heterocycles. The van der Waals surface area contributed by atoms with Crippen molar-refractivity contribution in [1.29, 1.82) is 0 Å². The van der Waals surface area contributed by atoms with E-state index in [1.807, 2.05) is 47.9 Å². The molecule has 2 heterocycles. The van der Waals surface area contributed by atoms with E-state index >= 15 is 0 Å². The van der Waals surface area contributed by atoms with Gasteiger partial charge in [-0.25, -0.2) is 4.39 Å². The van der Waals surface area contributed by atoms with Crippen molar-refractivity contribution < 1.29 is 9.18 Å². The highest BCUT2D eigenvalue weighted by Gasteiger charge is 2.17. The minimum Gasteiger partial charge on any atom is -0.351 e. The van der Waals surface area contributed by atoms with E-state index in [-0.39, 0.29) is 17.5 Å². The van der Waals surface area contributed by atoms with Gasteiger partial charge in [-0.3, -0.25) is 14.3 Å². The Morgan fingerprint density at radius 1 is 1.00 bits per heavy atom. The molecule has 156 valence electrons. The number of thioether (sulfide) groups is 1. The van der Waals surface area contributed by atoms with Gasteiger partial charge in [0.2, 0.25) is 5.91 Å². The summed E-state index contributed by atoms with van der Waals surface area (Å²) in [6, 6.07) is 17.8. The first-order valence-electron chi connectivity index (χ1n) is 9.67. The van der Waals surface area contributed by atoms with Crippen LogP contribution < -0.4 is 5.32 Å². The van der Waals surface area contributed by atoms with Gasteiger partial charge in [0.25, 0.3) is 0 Å². The maximum Gasteiger partial charge on any atom is 0.230 e. The molecule has 0 aliphatic carbocycles. The van der Waals surface area contributed by atoms with Gasteiger partial charge in [0, 0.05) is 30.2 Å². The monoisotopic (exact) mass is 433 g/mol. The summed E-state index contributed by atoms with van der Waals surface area (Å²) in [5, 5.41) is 12.0. The molecule has 8 heteroatoms. The number of aromatic nitrogens is 4. The lowest BCUT2D eigenvalue weighted by molar-refractivity contribution is -0.118. The number of rotatable bonds is 7. The Kier molecular flexibility index (Phi) is 6.37. The summed E-state index contributed by atoms with van der Waals surface area (Å²) < 4.78 is 15.3. The minimum absolute atomic E-state index is 0.107. The first kappa shape index (κ1) is 20.7. The number of nitrogens with one attached hydrogen (secondary N) is 1. The lowest BCUT2D eigenvalue weighted by Gasteiger charge is -2.10. The molecule has 0 atom stereocenters. The SMILES string of the molecule is Cc1ccc(CNC(=O)CSc2nnc(-c3ccncc3)n2-c2ccc(F)cc2)cc1. The van der Waals surface area contributed by atoms with Crippen LogP contribution in [-0.2, 0) is 11.3 Å². The summed E-state index contributed by atoms with van der Waals surface area (Å²) in [6.07, 6.45) is 3.34. The highest BCUT2D eigenvalue weighted by molar-refractivity contribution is 7.99. The van der Waals surface area contributed by atoms with Crippen molar-refractivity contribution in [3.8, 4) is 17.1 Å². The van der Waals surface area contributed by atoms with Gasteiger partial charge in [-0.15, -0.1) is 10.2 Å². The summed E-state index contributed by atoms with van der Waals surface area (Å²) >= 11 is 1.28. The smallest absolute Gasteiger partial charge is 0.230 e. The predicted octanol–water partition coefficient (Wildman–Crippen LogP) is 4.19. The van der Waals surface area contributed by atoms with E-state index in [0.29, 0.717) is 23.2 Å². The Bertz CT molecular complexity index is 1160. The molecular weight excluding hydrogens is 413 g/mol. The van der Waals surface area contributed by atoms with Gasteiger partial charge < -0.3 is 5.32 Å². The summed E-state index contributed by atoms with van der Waals surface area (Å²) in [7, 11) is 0. The van der Waals surface area contributed by atoms with Crippen molar-refractivity contribution in [3.05, 3.63) is 90.0 Å². The molecule has 6 nitrogen and oxygen atoms in total. The average molecular weight is 434 g/mol. The molecule has 0 bridgehead atoms. The molecule has 0 aliphatic heterocycles. The molecule has 0 aliphatic rings. The molecule has 4 aromatic rings. The highest BCUT2D eigenvalue weighted by Crippen LogP contribution is 2.27. The number of benzene rings is 2. The van der Waals surface area contributed by atoms with Crippen LogP contribution >= 0.6 is 11.8 Å². The van der Waals surface area contributed by atoms with Crippen molar-refractivity contribution in [2.45, 2.75) is 18.6 Å². The number of nitrogens with zero attached hydrogens (tertiary/aromatic N) is 4. The number of halogens is 1. The van der Waals surface area contributed by atoms with Crippen LogP contribution in [0.15, 0.2) is 78.2 Å². The number of hydrogen-bond donors (Lipinski definition) is 1. The fraction of sp³-hybridized carbons (Fsp3) is 0.130. The second-order valence-corrected chi connectivity index (χ2v) is 7.85. The number of hydrogen-bond acceptors (Lipinski definition) is 5. The van der Waals surface area contributed by atoms with Crippen molar-refractivity contribution in [2.24, 2.45) is 0 Å². The zero-order chi connectivity index (χ0) is 21.6. The van der Waals surface area contributed by atoms with Crippen LogP contribution in [-0.4, -0.2) is 31.4 Å². The predicted molar refractivity (Wildman–Crippen MR) is 118 cm³/mol.